The molecule has 0 atom stereocenters. The first kappa shape index (κ1) is 12.8. The highest BCUT2D eigenvalue weighted by Crippen LogP contribution is 2.16. The zero-order chi connectivity index (χ0) is 10.3. The summed E-state index contributed by atoms with van der Waals surface area (Å²) < 4.78 is 31.6. The number of hydrogen-bond donors (Lipinski definition) is 4. The average Bonchev–Trinajstić information content (AvgIpc) is 2.03. The lowest BCUT2D eigenvalue weighted by atomic mass is 9.96. The van der Waals surface area contributed by atoms with Gasteiger partial charge in [0.1, 0.15) is 0 Å². The third kappa shape index (κ3) is 11.8. The zero-order valence-electron chi connectivity index (χ0n) is 7.31. The Balaban J connectivity index is 0.000000252. The summed E-state index contributed by atoms with van der Waals surface area (Å²) in [7, 11) is -4.67. The predicted molar refractivity (Wildman–Crippen MR) is 48.4 cm³/mol. The van der Waals surface area contributed by atoms with Crippen molar-refractivity contribution in [2.24, 2.45) is 5.84 Å². The van der Waals surface area contributed by atoms with Gasteiger partial charge in [0, 0.05) is 6.04 Å². The highest BCUT2D eigenvalue weighted by atomic mass is 32.3. The summed E-state index contributed by atoms with van der Waals surface area (Å²) in [4.78, 5) is 0. The van der Waals surface area contributed by atoms with Crippen LogP contribution in [0.15, 0.2) is 0 Å². The lowest BCUT2D eigenvalue weighted by molar-refractivity contribution is 0.379. The van der Waals surface area contributed by atoms with E-state index in [1.807, 2.05) is 0 Å². The summed E-state index contributed by atoms with van der Waals surface area (Å²) in [6.45, 7) is 0. The molecule has 0 spiro atoms. The third-order valence-electron chi connectivity index (χ3n) is 1.84. The normalized spacial score (nSPS) is 19.0. The molecule has 0 aliphatic heterocycles. The molecule has 6 nitrogen and oxygen atoms in total. The van der Waals surface area contributed by atoms with E-state index in [4.69, 9.17) is 23.4 Å². The topological polar surface area (TPSA) is 113 Å². The number of hydrazine groups is 1. The van der Waals surface area contributed by atoms with Gasteiger partial charge in [0.15, 0.2) is 0 Å². The predicted octanol–water partition coefficient (Wildman–Crippen LogP) is 0.130. The van der Waals surface area contributed by atoms with Crippen molar-refractivity contribution in [1.29, 1.82) is 0 Å². The smallest absolute Gasteiger partial charge is 0.271 e. The highest BCUT2D eigenvalue weighted by molar-refractivity contribution is 7.79. The summed E-state index contributed by atoms with van der Waals surface area (Å²) in [5.41, 5.74) is 2.80. The Morgan fingerprint density at radius 3 is 1.77 bits per heavy atom. The van der Waals surface area contributed by atoms with Crippen molar-refractivity contribution in [3.63, 3.8) is 0 Å². The van der Waals surface area contributed by atoms with Crippen molar-refractivity contribution < 1.29 is 17.5 Å². The van der Waals surface area contributed by atoms with E-state index in [0.717, 1.165) is 0 Å². The third-order valence-corrected chi connectivity index (χ3v) is 1.84. The molecule has 1 aliphatic carbocycles. The quantitative estimate of drug-likeness (QED) is 0.279. The minimum Gasteiger partial charge on any atom is -0.271 e. The van der Waals surface area contributed by atoms with E-state index >= 15 is 0 Å². The standard InChI is InChI=1S/C6H14N2.H2O4S/c7-8-6-4-2-1-3-5-6;1-5(2,3)4/h6,8H,1-5,7H2;(H2,1,2,3,4). The molecule has 0 aromatic carbocycles. The Hall–Kier alpha value is -0.210. The maximum absolute atomic E-state index is 8.74. The lowest BCUT2D eigenvalue weighted by Crippen LogP contribution is -2.36. The molecule has 13 heavy (non-hydrogen) atoms. The van der Waals surface area contributed by atoms with Crippen molar-refractivity contribution in [2.45, 2.75) is 38.1 Å². The zero-order valence-corrected chi connectivity index (χ0v) is 8.13. The lowest BCUT2D eigenvalue weighted by Gasteiger charge is -2.19. The monoisotopic (exact) mass is 212 g/mol. The largest absolute Gasteiger partial charge is 0.394 e. The highest BCUT2D eigenvalue weighted by Gasteiger charge is 2.09. The van der Waals surface area contributed by atoms with Crippen molar-refractivity contribution >= 4 is 10.4 Å². The minimum absolute atomic E-state index is 0.615. The van der Waals surface area contributed by atoms with E-state index in [-0.39, 0.29) is 0 Å². The fraction of sp³-hybridized carbons (Fsp3) is 1.00. The molecule has 0 heterocycles. The summed E-state index contributed by atoms with van der Waals surface area (Å²) in [6.07, 6.45) is 6.66. The van der Waals surface area contributed by atoms with Gasteiger partial charge in [-0.15, -0.1) is 0 Å². The molecule has 5 N–H and O–H groups in total. The summed E-state index contributed by atoms with van der Waals surface area (Å²) in [5, 5.41) is 0. The second-order valence-electron chi connectivity index (χ2n) is 2.95. The van der Waals surface area contributed by atoms with E-state index < -0.39 is 10.4 Å². The molecule has 7 heteroatoms. The van der Waals surface area contributed by atoms with Crippen LogP contribution < -0.4 is 11.3 Å². The SMILES string of the molecule is NNC1CCCCC1.O=S(=O)(O)O. The molecular formula is C6H16N2O4S. The van der Waals surface area contributed by atoms with Crippen LogP contribution in [0.1, 0.15) is 32.1 Å². The van der Waals surface area contributed by atoms with Crippen molar-refractivity contribution in [1.82, 2.24) is 5.43 Å². The van der Waals surface area contributed by atoms with Crippen molar-refractivity contribution in [3.05, 3.63) is 0 Å². The number of nitrogens with one attached hydrogen (secondary N) is 1. The fourth-order valence-electron chi connectivity index (χ4n) is 1.27. The molecule has 0 unspecified atom stereocenters. The van der Waals surface area contributed by atoms with Crippen molar-refractivity contribution in [3.8, 4) is 0 Å². The first-order valence-electron chi connectivity index (χ1n) is 4.09. The van der Waals surface area contributed by atoms with Crippen LogP contribution in [0.4, 0.5) is 0 Å². The van der Waals surface area contributed by atoms with E-state index in [1.54, 1.807) is 0 Å². The van der Waals surface area contributed by atoms with Gasteiger partial charge >= 0.3 is 10.4 Å². The molecule has 1 rings (SSSR count). The first-order valence-corrected chi connectivity index (χ1v) is 5.49. The average molecular weight is 212 g/mol. The molecule has 1 aliphatic rings. The maximum Gasteiger partial charge on any atom is 0.394 e. The van der Waals surface area contributed by atoms with Gasteiger partial charge in [-0.2, -0.15) is 8.42 Å². The van der Waals surface area contributed by atoms with Crippen LogP contribution in [0.25, 0.3) is 0 Å². The van der Waals surface area contributed by atoms with Crippen LogP contribution in [0.5, 0.6) is 0 Å². The van der Waals surface area contributed by atoms with Gasteiger partial charge in [0.05, 0.1) is 0 Å². The van der Waals surface area contributed by atoms with E-state index in [1.165, 1.54) is 32.1 Å². The van der Waals surface area contributed by atoms with Crippen LogP contribution in [0, 0.1) is 0 Å². The second kappa shape index (κ2) is 6.28. The molecule has 0 aromatic rings. The fourth-order valence-corrected chi connectivity index (χ4v) is 1.27. The van der Waals surface area contributed by atoms with Crippen LogP contribution in [-0.4, -0.2) is 23.6 Å². The molecule has 1 saturated carbocycles. The van der Waals surface area contributed by atoms with Gasteiger partial charge in [-0.1, -0.05) is 19.3 Å². The summed E-state index contributed by atoms with van der Waals surface area (Å²) in [6, 6.07) is 0.615. The number of hydrogen-bond acceptors (Lipinski definition) is 4. The Morgan fingerprint density at radius 2 is 1.54 bits per heavy atom. The van der Waals surface area contributed by atoms with Gasteiger partial charge in [-0.3, -0.25) is 20.4 Å². The van der Waals surface area contributed by atoms with Gasteiger partial charge in [0.2, 0.25) is 0 Å². The molecule has 0 aromatic heterocycles. The molecule has 0 saturated heterocycles. The molecule has 0 radical (unpaired) electrons. The second-order valence-corrected chi connectivity index (χ2v) is 3.85. The van der Waals surface area contributed by atoms with Crippen LogP contribution in [0.2, 0.25) is 0 Å². The van der Waals surface area contributed by atoms with Crippen LogP contribution in [-0.2, 0) is 10.4 Å². The number of rotatable bonds is 1. The Kier molecular flexibility index (Phi) is 6.17. The van der Waals surface area contributed by atoms with Gasteiger partial charge in [-0.05, 0) is 12.8 Å². The van der Waals surface area contributed by atoms with E-state index in [9.17, 15) is 0 Å². The summed E-state index contributed by atoms with van der Waals surface area (Å²) >= 11 is 0. The number of nitrogens with two attached hydrogens (primary N) is 1. The van der Waals surface area contributed by atoms with E-state index in [2.05, 4.69) is 5.43 Å². The molecule has 80 valence electrons. The van der Waals surface area contributed by atoms with Gasteiger partial charge < -0.3 is 0 Å². The van der Waals surface area contributed by atoms with Gasteiger partial charge in [0.25, 0.3) is 0 Å². The van der Waals surface area contributed by atoms with Gasteiger partial charge in [-0.25, -0.2) is 0 Å². The van der Waals surface area contributed by atoms with Crippen molar-refractivity contribution in [2.75, 3.05) is 0 Å². The van der Waals surface area contributed by atoms with E-state index in [0.29, 0.717) is 6.04 Å². The van der Waals surface area contributed by atoms with Crippen LogP contribution in [0.3, 0.4) is 0 Å². The summed E-state index contributed by atoms with van der Waals surface area (Å²) in [5.74, 6) is 5.25. The molecule has 0 amide bonds. The molecule has 0 bridgehead atoms. The maximum atomic E-state index is 8.74. The Morgan fingerprint density at radius 1 is 1.15 bits per heavy atom. The Labute approximate surface area is 78.1 Å². The molecule has 1 fully saturated rings. The first-order chi connectivity index (χ1) is 5.93. The Bertz CT molecular complexity index is 203. The minimum atomic E-state index is -4.67. The van der Waals surface area contributed by atoms with Crippen LogP contribution >= 0.6 is 0 Å². The molecular weight excluding hydrogens is 196 g/mol.